The number of benzene rings is 1. The minimum atomic E-state index is -0.868. The number of carbonyl (C=O) groups is 1. The van der Waals surface area contributed by atoms with Crippen molar-refractivity contribution in [2.24, 2.45) is 0 Å². The Balaban J connectivity index is 2.44. The third-order valence-corrected chi connectivity index (χ3v) is 2.15. The van der Waals surface area contributed by atoms with Gasteiger partial charge in [-0.2, -0.15) is 12.6 Å². The number of hydrogen-bond acceptors (Lipinski definition) is 2. The van der Waals surface area contributed by atoms with E-state index in [0.29, 0.717) is 18.5 Å². The molecule has 5 heteroatoms. The average Bonchev–Trinajstić information content (AvgIpc) is 2.23. The van der Waals surface area contributed by atoms with Gasteiger partial charge in [-0.25, -0.2) is 8.78 Å². The van der Waals surface area contributed by atoms with E-state index in [9.17, 15) is 13.6 Å². The summed E-state index contributed by atoms with van der Waals surface area (Å²) in [6.45, 7) is 0.393. The van der Waals surface area contributed by atoms with Crippen molar-refractivity contribution >= 4 is 18.5 Å². The van der Waals surface area contributed by atoms with E-state index in [4.69, 9.17) is 0 Å². The summed E-state index contributed by atoms with van der Waals surface area (Å²) in [6, 6.07) is 3.69. The summed E-state index contributed by atoms with van der Waals surface area (Å²) in [7, 11) is 0. The van der Waals surface area contributed by atoms with Gasteiger partial charge in [-0.15, -0.1) is 0 Å². The molecular formula is C10H11F2NOS. The van der Waals surface area contributed by atoms with Gasteiger partial charge in [0.15, 0.2) is 11.6 Å². The molecule has 1 N–H and O–H groups in total. The molecule has 1 rings (SSSR count). The number of hydrogen-bond donors (Lipinski definition) is 2. The van der Waals surface area contributed by atoms with Gasteiger partial charge in [-0.3, -0.25) is 4.79 Å². The largest absolute Gasteiger partial charge is 0.355 e. The van der Waals surface area contributed by atoms with Crippen molar-refractivity contribution in [2.45, 2.75) is 6.42 Å². The SMILES string of the molecule is O=C(CS)NCCc1ccc(F)c(F)c1. The lowest BCUT2D eigenvalue weighted by Gasteiger charge is -2.03. The summed E-state index contributed by atoms with van der Waals surface area (Å²) in [6.07, 6.45) is 0.469. The highest BCUT2D eigenvalue weighted by Crippen LogP contribution is 2.08. The fraction of sp³-hybridized carbons (Fsp3) is 0.300. The van der Waals surface area contributed by atoms with Gasteiger partial charge in [0.2, 0.25) is 5.91 Å². The highest BCUT2D eigenvalue weighted by Gasteiger charge is 2.02. The maximum Gasteiger partial charge on any atom is 0.229 e. The molecule has 0 aliphatic heterocycles. The second-order valence-electron chi connectivity index (χ2n) is 3.01. The Bertz CT molecular complexity index is 357. The molecule has 0 saturated heterocycles. The second kappa shape index (κ2) is 5.70. The highest BCUT2D eigenvalue weighted by atomic mass is 32.1. The van der Waals surface area contributed by atoms with Crippen LogP contribution in [0.25, 0.3) is 0 Å². The van der Waals surface area contributed by atoms with Crippen LogP contribution in [0, 0.1) is 11.6 Å². The zero-order chi connectivity index (χ0) is 11.3. The predicted octanol–water partition coefficient (Wildman–Crippen LogP) is 1.55. The standard InChI is InChI=1S/C10H11F2NOS/c11-8-2-1-7(5-9(8)12)3-4-13-10(14)6-15/h1-2,5,15H,3-4,6H2,(H,13,14). The molecule has 0 saturated carbocycles. The normalized spacial score (nSPS) is 10.1. The van der Waals surface area contributed by atoms with E-state index in [1.54, 1.807) is 0 Å². The summed E-state index contributed by atoms with van der Waals surface area (Å²) >= 11 is 3.78. The van der Waals surface area contributed by atoms with Gasteiger partial charge < -0.3 is 5.32 Å². The van der Waals surface area contributed by atoms with Gasteiger partial charge in [-0.05, 0) is 24.1 Å². The first-order valence-electron chi connectivity index (χ1n) is 4.45. The maximum atomic E-state index is 12.8. The first-order valence-corrected chi connectivity index (χ1v) is 5.08. The summed E-state index contributed by atoms with van der Waals surface area (Å²) in [5.74, 6) is -1.79. The topological polar surface area (TPSA) is 29.1 Å². The zero-order valence-corrected chi connectivity index (χ0v) is 8.86. The van der Waals surface area contributed by atoms with E-state index in [1.807, 2.05) is 0 Å². The lowest BCUT2D eigenvalue weighted by molar-refractivity contribution is -0.118. The van der Waals surface area contributed by atoms with E-state index in [2.05, 4.69) is 17.9 Å². The lowest BCUT2D eigenvalue weighted by atomic mass is 10.1. The summed E-state index contributed by atoms with van der Waals surface area (Å²) < 4.78 is 25.3. The van der Waals surface area contributed by atoms with Crippen molar-refractivity contribution in [1.29, 1.82) is 0 Å². The minimum Gasteiger partial charge on any atom is -0.355 e. The van der Waals surface area contributed by atoms with Gasteiger partial charge in [0, 0.05) is 6.54 Å². The Labute approximate surface area is 92.1 Å². The Morgan fingerprint density at radius 1 is 1.33 bits per heavy atom. The summed E-state index contributed by atoms with van der Waals surface area (Å²) in [5, 5.41) is 2.58. The molecule has 0 aliphatic rings. The van der Waals surface area contributed by atoms with E-state index < -0.39 is 11.6 Å². The smallest absolute Gasteiger partial charge is 0.229 e. The van der Waals surface area contributed by atoms with Gasteiger partial charge in [0.1, 0.15) is 0 Å². The molecule has 0 aliphatic carbocycles. The van der Waals surface area contributed by atoms with Crippen molar-refractivity contribution in [3.63, 3.8) is 0 Å². The van der Waals surface area contributed by atoms with Gasteiger partial charge >= 0.3 is 0 Å². The molecule has 15 heavy (non-hydrogen) atoms. The quantitative estimate of drug-likeness (QED) is 0.756. The fourth-order valence-corrected chi connectivity index (χ4v) is 1.21. The van der Waals surface area contributed by atoms with E-state index in [0.717, 1.165) is 12.1 Å². The van der Waals surface area contributed by atoms with Crippen molar-refractivity contribution in [3.05, 3.63) is 35.4 Å². The number of carbonyl (C=O) groups excluding carboxylic acids is 1. The van der Waals surface area contributed by atoms with E-state index in [-0.39, 0.29) is 11.7 Å². The maximum absolute atomic E-state index is 12.8. The van der Waals surface area contributed by atoms with Crippen molar-refractivity contribution in [2.75, 3.05) is 12.3 Å². The molecule has 0 radical (unpaired) electrons. The molecule has 0 spiro atoms. The molecule has 0 fully saturated rings. The van der Waals surface area contributed by atoms with Gasteiger partial charge in [-0.1, -0.05) is 6.07 Å². The molecular weight excluding hydrogens is 220 g/mol. The number of rotatable bonds is 4. The average molecular weight is 231 g/mol. The summed E-state index contributed by atoms with van der Waals surface area (Å²) in [5.41, 5.74) is 0.647. The van der Waals surface area contributed by atoms with Crippen LogP contribution in [0.3, 0.4) is 0 Å². The monoisotopic (exact) mass is 231 g/mol. The Hall–Kier alpha value is -1.10. The molecule has 82 valence electrons. The van der Waals surface area contributed by atoms with Crippen LogP contribution < -0.4 is 5.32 Å². The minimum absolute atomic E-state index is 0.123. The lowest BCUT2D eigenvalue weighted by Crippen LogP contribution is -2.26. The van der Waals surface area contributed by atoms with Crippen LogP contribution >= 0.6 is 12.6 Å². The Morgan fingerprint density at radius 2 is 2.07 bits per heavy atom. The molecule has 2 nitrogen and oxygen atoms in total. The van der Waals surface area contributed by atoms with Crippen LogP contribution in [0.2, 0.25) is 0 Å². The van der Waals surface area contributed by atoms with Gasteiger partial charge in [0.25, 0.3) is 0 Å². The predicted molar refractivity (Wildman–Crippen MR) is 56.9 cm³/mol. The second-order valence-corrected chi connectivity index (χ2v) is 3.32. The van der Waals surface area contributed by atoms with Crippen molar-refractivity contribution in [1.82, 2.24) is 5.32 Å². The number of amides is 1. The molecule has 1 aromatic carbocycles. The highest BCUT2D eigenvalue weighted by molar-refractivity contribution is 7.81. The molecule has 0 aromatic heterocycles. The number of halogens is 2. The number of thiol groups is 1. The molecule has 0 atom stereocenters. The number of nitrogens with one attached hydrogen (secondary N) is 1. The summed E-state index contributed by atoms with van der Waals surface area (Å²) in [4.78, 5) is 10.8. The van der Waals surface area contributed by atoms with Crippen LogP contribution in [0.1, 0.15) is 5.56 Å². The van der Waals surface area contributed by atoms with Crippen LogP contribution in [-0.4, -0.2) is 18.2 Å². The first kappa shape index (κ1) is 12.0. The van der Waals surface area contributed by atoms with Crippen molar-refractivity contribution < 1.29 is 13.6 Å². The van der Waals surface area contributed by atoms with Gasteiger partial charge in [0.05, 0.1) is 5.75 Å². The molecule has 1 aromatic rings. The molecule has 1 amide bonds. The van der Waals surface area contributed by atoms with Crippen LogP contribution in [-0.2, 0) is 11.2 Å². The van der Waals surface area contributed by atoms with Crippen LogP contribution in [0.15, 0.2) is 18.2 Å². The van der Waals surface area contributed by atoms with E-state index >= 15 is 0 Å². The zero-order valence-electron chi connectivity index (χ0n) is 7.96. The Kier molecular flexibility index (Phi) is 4.55. The molecule has 0 unspecified atom stereocenters. The molecule has 0 bridgehead atoms. The first-order chi connectivity index (χ1) is 7.13. The van der Waals surface area contributed by atoms with Crippen LogP contribution in [0.4, 0.5) is 8.78 Å². The molecule has 0 heterocycles. The fourth-order valence-electron chi connectivity index (χ4n) is 1.10. The van der Waals surface area contributed by atoms with E-state index in [1.165, 1.54) is 6.07 Å². The van der Waals surface area contributed by atoms with Crippen molar-refractivity contribution in [3.8, 4) is 0 Å². The Morgan fingerprint density at radius 3 is 2.67 bits per heavy atom. The third kappa shape index (κ3) is 3.87. The third-order valence-electron chi connectivity index (χ3n) is 1.86. The van der Waals surface area contributed by atoms with Crippen LogP contribution in [0.5, 0.6) is 0 Å².